The number of likely N-dealkylation sites (tertiary alicyclic amines) is 1. The first-order valence-corrected chi connectivity index (χ1v) is 12.0. The first-order valence-electron chi connectivity index (χ1n) is 11.1. The van der Waals surface area contributed by atoms with E-state index in [0.717, 1.165) is 61.7 Å². The van der Waals surface area contributed by atoms with Gasteiger partial charge >= 0.3 is 0 Å². The largest absolute Gasteiger partial charge is 0.454 e. The van der Waals surface area contributed by atoms with Crippen LogP contribution in [0.15, 0.2) is 28.6 Å². The minimum Gasteiger partial charge on any atom is -0.454 e. The number of aromatic nitrogens is 1. The molecule has 0 radical (unpaired) electrons. The van der Waals surface area contributed by atoms with Crippen molar-refractivity contribution in [2.24, 2.45) is 10.9 Å². The minimum atomic E-state index is 0.307. The molecule has 0 atom stereocenters. The van der Waals surface area contributed by atoms with E-state index >= 15 is 0 Å². The lowest BCUT2D eigenvalue weighted by Crippen LogP contribution is -2.39. The molecule has 2 aliphatic heterocycles. The highest BCUT2D eigenvalue weighted by molar-refractivity contribution is 7.09. The first kappa shape index (κ1) is 21.9. The van der Waals surface area contributed by atoms with Gasteiger partial charge in [0.05, 0.1) is 10.7 Å². The number of piperidine rings is 1. The Labute approximate surface area is 189 Å². The summed E-state index contributed by atoms with van der Waals surface area (Å²) in [5.74, 6) is 3.25. The summed E-state index contributed by atoms with van der Waals surface area (Å²) >= 11 is 1.74. The molecule has 1 N–H and O–H groups in total. The molecule has 1 aromatic heterocycles. The highest BCUT2D eigenvalue weighted by Gasteiger charge is 2.20. The molecule has 2 aliphatic rings. The van der Waals surface area contributed by atoms with Crippen LogP contribution in [-0.2, 0) is 13.1 Å². The van der Waals surface area contributed by atoms with Crippen LogP contribution in [-0.4, -0.2) is 60.8 Å². The zero-order valence-electron chi connectivity index (χ0n) is 18.8. The minimum absolute atomic E-state index is 0.307. The normalized spacial score (nSPS) is 17.2. The van der Waals surface area contributed by atoms with Crippen molar-refractivity contribution in [3.05, 3.63) is 39.8 Å². The van der Waals surface area contributed by atoms with Gasteiger partial charge < -0.3 is 19.7 Å². The molecule has 168 valence electrons. The van der Waals surface area contributed by atoms with Gasteiger partial charge in [-0.25, -0.2) is 4.98 Å². The monoisotopic (exact) mass is 443 g/mol. The molecule has 1 aromatic carbocycles. The van der Waals surface area contributed by atoms with Crippen molar-refractivity contribution in [2.75, 3.05) is 40.0 Å². The Morgan fingerprint density at radius 2 is 2.10 bits per heavy atom. The predicted molar refractivity (Wildman–Crippen MR) is 125 cm³/mol. The number of ether oxygens (including phenoxy) is 2. The van der Waals surface area contributed by atoms with Crippen molar-refractivity contribution in [3.63, 3.8) is 0 Å². The molecular weight excluding hydrogens is 410 g/mol. The lowest BCUT2D eigenvalue weighted by atomic mass is 9.97. The van der Waals surface area contributed by atoms with E-state index < -0.39 is 0 Å². The molecule has 0 saturated carbocycles. The van der Waals surface area contributed by atoms with Gasteiger partial charge in [0.1, 0.15) is 0 Å². The lowest BCUT2D eigenvalue weighted by Gasteiger charge is -2.31. The van der Waals surface area contributed by atoms with Gasteiger partial charge in [-0.1, -0.05) is 6.07 Å². The van der Waals surface area contributed by atoms with E-state index in [-0.39, 0.29) is 0 Å². The smallest absolute Gasteiger partial charge is 0.231 e. The van der Waals surface area contributed by atoms with Crippen molar-refractivity contribution in [3.8, 4) is 11.5 Å². The maximum Gasteiger partial charge on any atom is 0.231 e. The summed E-state index contributed by atoms with van der Waals surface area (Å²) in [6, 6.07) is 6.13. The summed E-state index contributed by atoms with van der Waals surface area (Å²) < 4.78 is 10.9. The molecule has 1 fully saturated rings. The summed E-state index contributed by atoms with van der Waals surface area (Å²) in [7, 11) is 2.09. The number of nitrogens with zero attached hydrogens (tertiary/aromatic N) is 4. The fourth-order valence-electron chi connectivity index (χ4n) is 4.11. The summed E-state index contributed by atoms with van der Waals surface area (Å²) in [5, 5.41) is 6.78. The van der Waals surface area contributed by atoms with Crippen LogP contribution in [0.5, 0.6) is 11.5 Å². The van der Waals surface area contributed by atoms with Gasteiger partial charge in [-0.05, 0) is 63.4 Å². The van der Waals surface area contributed by atoms with Crippen molar-refractivity contribution < 1.29 is 9.47 Å². The second-order valence-electron chi connectivity index (χ2n) is 8.32. The van der Waals surface area contributed by atoms with Gasteiger partial charge in [0.15, 0.2) is 17.5 Å². The third-order valence-electron chi connectivity index (χ3n) is 5.81. The van der Waals surface area contributed by atoms with Crippen LogP contribution >= 0.6 is 11.3 Å². The van der Waals surface area contributed by atoms with E-state index in [1.54, 1.807) is 11.3 Å². The van der Waals surface area contributed by atoms with E-state index in [0.29, 0.717) is 12.7 Å². The summed E-state index contributed by atoms with van der Waals surface area (Å²) in [6.07, 6.45) is 2.38. The Balaban J connectivity index is 1.28. The van der Waals surface area contributed by atoms with E-state index in [1.807, 2.05) is 6.07 Å². The van der Waals surface area contributed by atoms with Crippen LogP contribution in [0, 0.1) is 12.8 Å². The van der Waals surface area contributed by atoms with Crippen LogP contribution in [0.1, 0.15) is 36.0 Å². The number of hydrogen-bond acceptors (Lipinski definition) is 6. The van der Waals surface area contributed by atoms with Gasteiger partial charge in [-0.2, -0.15) is 0 Å². The van der Waals surface area contributed by atoms with Crippen molar-refractivity contribution in [1.82, 2.24) is 20.1 Å². The molecule has 31 heavy (non-hydrogen) atoms. The van der Waals surface area contributed by atoms with Crippen LogP contribution in [0.2, 0.25) is 0 Å². The number of hydrogen-bond donors (Lipinski definition) is 1. The third kappa shape index (κ3) is 5.89. The lowest BCUT2D eigenvalue weighted by molar-refractivity contribution is 0.174. The van der Waals surface area contributed by atoms with Gasteiger partial charge in [0, 0.05) is 38.6 Å². The molecule has 4 rings (SSSR count). The van der Waals surface area contributed by atoms with Crippen LogP contribution in [0.3, 0.4) is 0 Å². The second-order valence-corrected chi connectivity index (χ2v) is 9.38. The number of thiazole rings is 1. The summed E-state index contributed by atoms with van der Waals surface area (Å²) in [4.78, 5) is 14.3. The average molecular weight is 444 g/mol. The molecule has 8 heteroatoms. The SMILES string of the molecule is CCNC(=NCC1CCN(Cc2csc(C)n2)CC1)N(C)Cc1ccc2c(c1)OCO2. The number of nitrogens with one attached hydrogen (secondary N) is 1. The quantitative estimate of drug-likeness (QED) is 0.522. The van der Waals surface area contributed by atoms with Crippen LogP contribution in [0.4, 0.5) is 0 Å². The average Bonchev–Trinajstić information content (AvgIpc) is 3.40. The Hall–Kier alpha value is -2.32. The van der Waals surface area contributed by atoms with Gasteiger partial charge in [0.2, 0.25) is 6.79 Å². The molecule has 1 saturated heterocycles. The van der Waals surface area contributed by atoms with Crippen LogP contribution in [0.25, 0.3) is 0 Å². The highest BCUT2D eigenvalue weighted by Crippen LogP contribution is 2.32. The number of aliphatic imine (C=N–C) groups is 1. The zero-order valence-corrected chi connectivity index (χ0v) is 19.6. The Bertz CT molecular complexity index is 892. The van der Waals surface area contributed by atoms with E-state index in [4.69, 9.17) is 14.5 Å². The summed E-state index contributed by atoms with van der Waals surface area (Å²) in [6.45, 7) is 10.2. The standard InChI is InChI=1S/C23H33N5O2S/c1-4-24-23(27(3)13-19-5-6-21-22(11-19)30-16-29-21)25-12-18-7-9-28(10-8-18)14-20-15-31-17(2)26-20/h5-6,11,15,18H,4,7-10,12-14,16H2,1-3H3,(H,24,25). The van der Waals surface area contributed by atoms with Crippen molar-refractivity contribution in [1.29, 1.82) is 0 Å². The number of benzene rings is 1. The topological polar surface area (TPSA) is 62.2 Å². The van der Waals surface area contributed by atoms with Crippen molar-refractivity contribution in [2.45, 2.75) is 39.8 Å². The van der Waals surface area contributed by atoms with E-state index in [1.165, 1.54) is 24.1 Å². The van der Waals surface area contributed by atoms with Crippen LogP contribution < -0.4 is 14.8 Å². The molecule has 0 unspecified atom stereocenters. The molecule has 2 aromatic rings. The molecule has 0 bridgehead atoms. The fraction of sp³-hybridized carbons (Fsp3) is 0.565. The Morgan fingerprint density at radius 1 is 1.29 bits per heavy atom. The molecule has 3 heterocycles. The number of fused-ring (bicyclic) bond motifs is 1. The van der Waals surface area contributed by atoms with E-state index in [9.17, 15) is 0 Å². The maximum atomic E-state index is 5.51. The summed E-state index contributed by atoms with van der Waals surface area (Å²) in [5.41, 5.74) is 2.39. The molecule has 0 aliphatic carbocycles. The van der Waals surface area contributed by atoms with Crippen molar-refractivity contribution >= 4 is 17.3 Å². The van der Waals surface area contributed by atoms with E-state index in [2.05, 4.69) is 58.5 Å². The Morgan fingerprint density at radius 3 is 2.84 bits per heavy atom. The Kier molecular flexibility index (Phi) is 7.29. The maximum absolute atomic E-state index is 5.51. The van der Waals surface area contributed by atoms with Gasteiger partial charge in [0.25, 0.3) is 0 Å². The second kappa shape index (κ2) is 10.3. The molecule has 7 nitrogen and oxygen atoms in total. The first-order chi connectivity index (χ1) is 15.1. The molecule has 0 amide bonds. The third-order valence-corrected chi connectivity index (χ3v) is 6.63. The number of guanidine groups is 1. The number of aryl methyl sites for hydroxylation is 1. The van der Waals surface area contributed by atoms with Gasteiger partial charge in [-0.15, -0.1) is 11.3 Å². The fourth-order valence-corrected chi connectivity index (χ4v) is 4.71. The molecule has 0 spiro atoms. The zero-order chi connectivity index (χ0) is 21.6. The highest BCUT2D eigenvalue weighted by atomic mass is 32.1. The molecular formula is C23H33N5O2S. The number of rotatable bonds is 7. The predicted octanol–water partition coefficient (Wildman–Crippen LogP) is 3.49. The van der Waals surface area contributed by atoms with Gasteiger partial charge in [-0.3, -0.25) is 9.89 Å².